The SMILES string of the molecule is CSCCCCC(=O)N1CCCCC1CN.Cl. The fraction of sp³-hybridized carbons (Fsp3) is 0.917. The lowest BCUT2D eigenvalue weighted by atomic mass is 10.0. The normalized spacial score (nSPS) is 19.9. The lowest BCUT2D eigenvalue weighted by Gasteiger charge is -2.35. The van der Waals surface area contributed by atoms with E-state index in [1.165, 1.54) is 6.42 Å². The fourth-order valence-corrected chi connectivity index (χ4v) is 2.73. The molecule has 0 aromatic heterocycles. The molecule has 1 fully saturated rings. The fourth-order valence-electron chi connectivity index (χ4n) is 2.24. The highest BCUT2D eigenvalue weighted by molar-refractivity contribution is 7.98. The van der Waals surface area contributed by atoms with Crippen molar-refractivity contribution in [3.8, 4) is 0 Å². The number of hydrogen-bond acceptors (Lipinski definition) is 3. The van der Waals surface area contributed by atoms with Gasteiger partial charge in [0.15, 0.2) is 0 Å². The predicted octanol–water partition coefficient (Wildman–Crippen LogP) is 2.28. The molecule has 17 heavy (non-hydrogen) atoms. The molecule has 0 aliphatic carbocycles. The summed E-state index contributed by atoms with van der Waals surface area (Å²) in [4.78, 5) is 14.0. The topological polar surface area (TPSA) is 46.3 Å². The van der Waals surface area contributed by atoms with Crippen LogP contribution in [0.1, 0.15) is 38.5 Å². The Morgan fingerprint density at radius 3 is 2.82 bits per heavy atom. The summed E-state index contributed by atoms with van der Waals surface area (Å²) in [6.45, 7) is 1.54. The zero-order chi connectivity index (χ0) is 11.8. The summed E-state index contributed by atoms with van der Waals surface area (Å²) in [5.74, 6) is 1.48. The minimum Gasteiger partial charge on any atom is -0.338 e. The van der Waals surface area contributed by atoms with E-state index < -0.39 is 0 Å². The largest absolute Gasteiger partial charge is 0.338 e. The number of amides is 1. The van der Waals surface area contributed by atoms with E-state index in [0.717, 1.165) is 38.0 Å². The molecular formula is C12H25ClN2OS. The number of piperidine rings is 1. The molecule has 1 atom stereocenters. The second-order valence-electron chi connectivity index (χ2n) is 4.42. The summed E-state index contributed by atoms with van der Waals surface area (Å²) in [6.07, 6.45) is 8.44. The molecule has 0 aromatic carbocycles. The van der Waals surface area contributed by atoms with E-state index in [1.807, 2.05) is 16.7 Å². The zero-order valence-corrected chi connectivity index (χ0v) is 12.3. The summed E-state index contributed by atoms with van der Waals surface area (Å²) in [7, 11) is 0. The lowest BCUT2D eigenvalue weighted by molar-refractivity contribution is -0.134. The van der Waals surface area contributed by atoms with E-state index in [2.05, 4.69) is 6.26 Å². The van der Waals surface area contributed by atoms with Gasteiger partial charge in [-0.25, -0.2) is 0 Å². The first kappa shape index (κ1) is 17.1. The van der Waals surface area contributed by atoms with Crippen molar-refractivity contribution in [1.82, 2.24) is 4.90 Å². The van der Waals surface area contributed by atoms with Crippen molar-refractivity contribution in [3.63, 3.8) is 0 Å². The number of hydrogen-bond donors (Lipinski definition) is 1. The van der Waals surface area contributed by atoms with Crippen LogP contribution in [0.3, 0.4) is 0 Å². The molecule has 1 amide bonds. The van der Waals surface area contributed by atoms with E-state index in [0.29, 0.717) is 24.9 Å². The van der Waals surface area contributed by atoms with Crippen molar-refractivity contribution in [2.45, 2.75) is 44.6 Å². The first-order valence-electron chi connectivity index (χ1n) is 6.28. The Balaban J connectivity index is 0.00000256. The van der Waals surface area contributed by atoms with Gasteiger partial charge in [-0.2, -0.15) is 11.8 Å². The zero-order valence-electron chi connectivity index (χ0n) is 10.7. The van der Waals surface area contributed by atoms with Gasteiger partial charge in [-0.05, 0) is 44.1 Å². The number of halogens is 1. The van der Waals surface area contributed by atoms with E-state index in [-0.39, 0.29) is 12.4 Å². The number of nitrogens with two attached hydrogens (primary N) is 1. The quantitative estimate of drug-likeness (QED) is 0.760. The molecule has 102 valence electrons. The lowest BCUT2D eigenvalue weighted by Crippen LogP contribution is -2.47. The summed E-state index contributed by atoms with van der Waals surface area (Å²) >= 11 is 1.85. The second kappa shape index (κ2) is 10.0. The average molecular weight is 281 g/mol. The number of unbranched alkanes of at least 4 members (excludes halogenated alkanes) is 1. The van der Waals surface area contributed by atoms with Gasteiger partial charge < -0.3 is 10.6 Å². The molecule has 1 rings (SSSR count). The number of likely N-dealkylation sites (tertiary alicyclic amines) is 1. The van der Waals surface area contributed by atoms with Crippen LogP contribution in [0, 0.1) is 0 Å². The number of nitrogens with zero attached hydrogens (tertiary/aromatic N) is 1. The van der Waals surface area contributed by atoms with Crippen LogP contribution in [0.5, 0.6) is 0 Å². The van der Waals surface area contributed by atoms with Crippen molar-refractivity contribution in [2.75, 3.05) is 25.1 Å². The van der Waals surface area contributed by atoms with E-state index in [1.54, 1.807) is 0 Å². The molecule has 1 heterocycles. The Bertz CT molecular complexity index is 217. The highest BCUT2D eigenvalue weighted by atomic mass is 35.5. The van der Waals surface area contributed by atoms with Crippen LogP contribution in [0.4, 0.5) is 0 Å². The molecule has 1 aliphatic heterocycles. The van der Waals surface area contributed by atoms with Gasteiger partial charge in [0.05, 0.1) is 0 Å². The summed E-state index contributed by atoms with van der Waals surface area (Å²) in [6, 6.07) is 0.307. The van der Waals surface area contributed by atoms with Gasteiger partial charge in [0, 0.05) is 25.6 Å². The molecule has 5 heteroatoms. The first-order chi connectivity index (χ1) is 7.79. The predicted molar refractivity (Wildman–Crippen MR) is 77.9 cm³/mol. The van der Waals surface area contributed by atoms with Crippen molar-refractivity contribution >= 4 is 30.1 Å². The van der Waals surface area contributed by atoms with Crippen molar-refractivity contribution < 1.29 is 4.79 Å². The van der Waals surface area contributed by atoms with E-state index >= 15 is 0 Å². The molecule has 0 bridgehead atoms. The van der Waals surface area contributed by atoms with Gasteiger partial charge in [-0.3, -0.25) is 4.79 Å². The monoisotopic (exact) mass is 280 g/mol. The third kappa shape index (κ3) is 5.98. The van der Waals surface area contributed by atoms with Crippen molar-refractivity contribution in [2.24, 2.45) is 5.73 Å². The molecule has 3 nitrogen and oxygen atoms in total. The minimum atomic E-state index is 0. The standard InChI is InChI=1S/C12H24N2OS.ClH/c1-16-9-5-3-7-12(15)14-8-4-2-6-11(14)10-13;/h11H,2-10,13H2,1H3;1H. The summed E-state index contributed by atoms with van der Waals surface area (Å²) in [5.41, 5.74) is 5.71. The maximum Gasteiger partial charge on any atom is 0.222 e. The molecule has 2 N–H and O–H groups in total. The van der Waals surface area contributed by atoms with Gasteiger partial charge in [0.25, 0.3) is 0 Å². The Morgan fingerprint density at radius 1 is 1.41 bits per heavy atom. The molecule has 0 radical (unpaired) electrons. The average Bonchev–Trinajstić information content (AvgIpc) is 2.34. The maximum absolute atomic E-state index is 12.0. The smallest absolute Gasteiger partial charge is 0.222 e. The molecule has 0 spiro atoms. The van der Waals surface area contributed by atoms with Crippen LogP contribution >= 0.6 is 24.2 Å². The van der Waals surface area contributed by atoms with Crippen LogP contribution in [0.2, 0.25) is 0 Å². The Kier molecular flexibility index (Phi) is 10.1. The number of carbonyl (C=O) groups excluding carboxylic acids is 1. The van der Waals surface area contributed by atoms with Crippen LogP contribution in [0.15, 0.2) is 0 Å². The number of rotatable bonds is 6. The van der Waals surface area contributed by atoms with Crippen LogP contribution in [-0.2, 0) is 4.79 Å². The van der Waals surface area contributed by atoms with Crippen LogP contribution in [-0.4, -0.2) is 41.9 Å². The third-order valence-electron chi connectivity index (χ3n) is 3.21. The van der Waals surface area contributed by atoms with Crippen LogP contribution < -0.4 is 5.73 Å². The molecule has 0 saturated carbocycles. The Morgan fingerprint density at radius 2 is 2.18 bits per heavy atom. The number of thioether (sulfide) groups is 1. The highest BCUT2D eigenvalue weighted by Gasteiger charge is 2.24. The van der Waals surface area contributed by atoms with Crippen molar-refractivity contribution in [1.29, 1.82) is 0 Å². The molecule has 1 saturated heterocycles. The Labute approximate surface area is 115 Å². The highest BCUT2D eigenvalue weighted by Crippen LogP contribution is 2.18. The first-order valence-corrected chi connectivity index (χ1v) is 7.67. The Hall–Kier alpha value is 0.0700. The second-order valence-corrected chi connectivity index (χ2v) is 5.41. The van der Waals surface area contributed by atoms with Gasteiger partial charge in [-0.1, -0.05) is 0 Å². The van der Waals surface area contributed by atoms with Crippen molar-refractivity contribution in [3.05, 3.63) is 0 Å². The van der Waals surface area contributed by atoms with Gasteiger partial charge in [0.2, 0.25) is 5.91 Å². The van der Waals surface area contributed by atoms with Gasteiger partial charge >= 0.3 is 0 Å². The third-order valence-corrected chi connectivity index (χ3v) is 3.91. The van der Waals surface area contributed by atoms with Gasteiger partial charge in [-0.15, -0.1) is 12.4 Å². The molecule has 0 aromatic rings. The molecule has 1 aliphatic rings. The summed E-state index contributed by atoms with van der Waals surface area (Å²) < 4.78 is 0. The summed E-state index contributed by atoms with van der Waals surface area (Å²) in [5, 5.41) is 0. The molecular weight excluding hydrogens is 256 g/mol. The number of carbonyl (C=O) groups is 1. The maximum atomic E-state index is 12.0. The van der Waals surface area contributed by atoms with E-state index in [4.69, 9.17) is 5.73 Å². The minimum absolute atomic E-state index is 0. The van der Waals surface area contributed by atoms with Crippen LogP contribution in [0.25, 0.3) is 0 Å². The van der Waals surface area contributed by atoms with Gasteiger partial charge in [0.1, 0.15) is 0 Å². The van der Waals surface area contributed by atoms with E-state index in [9.17, 15) is 4.79 Å². The molecule has 1 unspecified atom stereocenters.